The molecule has 3 aromatic carbocycles. The number of fused-ring (bicyclic) bond motifs is 2. The Balaban J connectivity index is 1.73. The highest BCUT2D eigenvalue weighted by molar-refractivity contribution is 7.99. The summed E-state index contributed by atoms with van der Waals surface area (Å²) in [5, 5.41) is 2.95. The predicted molar refractivity (Wildman–Crippen MR) is 111 cm³/mol. The minimum absolute atomic E-state index is 0.287. The van der Waals surface area contributed by atoms with E-state index in [1.807, 2.05) is 55.5 Å². The van der Waals surface area contributed by atoms with Crippen LogP contribution in [0.2, 0.25) is 0 Å². The minimum Gasteiger partial charge on any atom is -0.465 e. The molecule has 0 aliphatic carbocycles. The van der Waals surface area contributed by atoms with E-state index in [0.29, 0.717) is 11.3 Å². The van der Waals surface area contributed by atoms with Crippen LogP contribution in [-0.2, 0) is 4.74 Å². The van der Waals surface area contributed by atoms with Gasteiger partial charge in [0.25, 0.3) is 0 Å². The molecule has 0 fully saturated rings. The number of rotatable bonds is 2. The van der Waals surface area contributed by atoms with Gasteiger partial charge in [-0.15, -0.1) is 0 Å². The van der Waals surface area contributed by atoms with Crippen molar-refractivity contribution in [1.29, 1.82) is 0 Å². The Morgan fingerprint density at radius 3 is 2.14 bits per heavy atom. The van der Waals surface area contributed by atoms with Crippen LogP contribution in [0.5, 0.6) is 0 Å². The van der Waals surface area contributed by atoms with Crippen LogP contribution in [0.3, 0.4) is 0 Å². The van der Waals surface area contributed by atoms with Crippen molar-refractivity contribution in [3.05, 3.63) is 77.9 Å². The van der Waals surface area contributed by atoms with E-state index in [-0.39, 0.29) is 6.03 Å². The lowest BCUT2D eigenvalue weighted by Crippen LogP contribution is -2.33. The van der Waals surface area contributed by atoms with Gasteiger partial charge in [0.05, 0.1) is 24.0 Å². The predicted octanol–water partition coefficient (Wildman–Crippen LogP) is 5.62. The third-order valence-corrected chi connectivity index (χ3v) is 5.67. The number of amides is 2. The molecule has 0 unspecified atom stereocenters. The largest absolute Gasteiger partial charge is 0.465 e. The highest BCUT2D eigenvalue weighted by Crippen LogP contribution is 2.48. The zero-order chi connectivity index (χ0) is 19.7. The standard InChI is InChI=1S/C22H18N2O3S/c1-14-11-12-15(21(25)27-2)13-16(14)23-22(26)24-17-7-3-5-9-19(17)28-20-10-6-4-8-18(20)24/h3-13H,1-2H3,(H,23,26). The Morgan fingerprint density at radius 1 is 0.929 bits per heavy atom. The zero-order valence-electron chi connectivity index (χ0n) is 15.4. The third-order valence-electron chi connectivity index (χ3n) is 4.54. The highest BCUT2D eigenvalue weighted by atomic mass is 32.2. The maximum Gasteiger partial charge on any atom is 0.337 e. The number of para-hydroxylation sites is 2. The Kier molecular flexibility index (Phi) is 4.79. The molecule has 3 aromatic rings. The summed E-state index contributed by atoms with van der Waals surface area (Å²) in [6, 6.07) is 20.4. The summed E-state index contributed by atoms with van der Waals surface area (Å²) >= 11 is 1.64. The lowest BCUT2D eigenvalue weighted by molar-refractivity contribution is 0.0600. The molecule has 140 valence electrons. The SMILES string of the molecule is COC(=O)c1ccc(C)c(NC(=O)N2c3ccccc3Sc3ccccc32)c1. The molecule has 1 heterocycles. The van der Waals surface area contributed by atoms with Crippen LogP contribution >= 0.6 is 11.8 Å². The van der Waals surface area contributed by atoms with E-state index in [2.05, 4.69) is 5.32 Å². The molecule has 0 saturated carbocycles. The van der Waals surface area contributed by atoms with Crippen LogP contribution < -0.4 is 10.2 Å². The van der Waals surface area contributed by atoms with E-state index < -0.39 is 5.97 Å². The van der Waals surface area contributed by atoms with Gasteiger partial charge in [-0.05, 0) is 48.9 Å². The van der Waals surface area contributed by atoms with E-state index in [4.69, 9.17) is 4.74 Å². The number of hydrogen-bond donors (Lipinski definition) is 1. The molecule has 4 rings (SSSR count). The number of benzene rings is 3. The van der Waals surface area contributed by atoms with Crippen LogP contribution in [0.4, 0.5) is 21.9 Å². The molecule has 1 aliphatic heterocycles. The number of nitrogens with one attached hydrogen (secondary N) is 1. The molecule has 0 spiro atoms. The van der Waals surface area contributed by atoms with Crippen molar-refractivity contribution in [2.45, 2.75) is 16.7 Å². The molecule has 2 amide bonds. The smallest absolute Gasteiger partial charge is 0.337 e. The van der Waals surface area contributed by atoms with Crippen molar-refractivity contribution in [2.24, 2.45) is 0 Å². The van der Waals surface area contributed by atoms with Crippen molar-refractivity contribution in [3.8, 4) is 0 Å². The fourth-order valence-electron chi connectivity index (χ4n) is 3.10. The molecule has 0 atom stereocenters. The quantitative estimate of drug-likeness (QED) is 0.577. The molecule has 0 bridgehead atoms. The first-order valence-corrected chi connectivity index (χ1v) is 9.56. The summed E-state index contributed by atoms with van der Waals surface area (Å²) in [5.41, 5.74) is 3.46. The summed E-state index contributed by atoms with van der Waals surface area (Å²) in [4.78, 5) is 28.8. The number of methoxy groups -OCH3 is 1. The highest BCUT2D eigenvalue weighted by Gasteiger charge is 2.28. The zero-order valence-corrected chi connectivity index (χ0v) is 16.2. The number of nitrogens with zero attached hydrogens (tertiary/aromatic N) is 1. The Bertz CT molecular complexity index is 1040. The van der Waals surface area contributed by atoms with Crippen molar-refractivity contribution in [1.82, 2.24) is 0 Å². The van der Waals surface area contributed by atoms with Gasteiger partial charge in [0.1, 0.15) is 0 Å². The summed E-state index contributed by atoms with van der Waals surface area (Å²) < 4.78 is 4.78. The van der Waals surface area contributed by atoms with Gasteiger partial charge in [-0.25, -0.2) is 9.59 Å². The number of aryl methyl sites for hydroxylation is 1. The molecule has 5 nitrogen and oxygen atoms in total. The van der Waals surface area contributed by atoms with Crippen LogP contribution in [0.25, 0.3) is 0 Å². The average Bonchev–Trinajstić information content (AvgIpc) is 2.72. The molecular weight excluding hydrogens is 372 g/mol. The summed E-state index contributed by atoms with van der Waals surface area (Å²) in [6.07, 6.45) is 0. The number of hydrogen-bond acceptors (Lipinski definition) is 4. The van der Waals surface area contributed by atoms with E-state index in [1.165, 1.54) is 7.11 Å². The second-order valence-electron chi connectivity index (χ2n) is 6.32. The fraction of sp³-hybridized carbons (Fsp3) is 0.0909. The van der Waals surface area contributed by atoms with Crippen LogP contribution in [0, 0.1) is 6.92 Å². The number of carbonyl (C=O) groups is 2. The summed E-state index contributed by atoms with van der Waals surface area (Å²) in [5.74, 6) is -0.444. The molecule has 6 heteroatoms. The van der Waals surface area contributed by atoms with Crippen molar-refractivity contribution in [2.75, 3.05) is 17.3 Å². The molecule has 0 radical (unpaired) electrons. The van der Waals surface area contributed by atoms with E-state index >= 15 is 0 Å². The van der Waals surface area contributed by atoms with Gasteiger partial charge in [0.2, 0.25) is 0 Å². The minimum atomic E-state index is -0.444. The van der Waals surface area contributed by atoms with Gasteiger partial charge < -0.3 is 10.1 Å². The third kappa shape index (κ3) is 3.23. The van der Waals surface area contributed by atoms with Crippen LogP contribution in [-0.4, -0.2) is 19.1 Å². The van der Waals surface area contributed by atoms with Crippen molar-refractivity contribution in [3.63, 3.8) is 0 Å². The normalized spacial score (nSPS) is 12.0. The average molecular weight is 390 g/mol. The number of urea groups is 1. The molecular formula is C22H18N2O3S. The van der Waals surface area contributed by atoms with Gasteiger partial charge in [-0.2, -0.15) is 0 Å². The Labute approximate surface area is 167 Å². The van der Waals surface area contributed by atoms with Crippen LogP contribution in [0.1, 0.15) is 15.9 Å². The van der Waals surface area contributed by atoms with Crippen molar-refractivity contribution >= 4 is 40.8 Å². The summed E-state index contributed by atoms with van der Waals surface area (Å²) in [6.45, 7) is 1.88. The number of anilines is 3. The van der Waals surface area contributed by atoms with Crippen LogP contribution in [0.15, 0.2) is 76.5 Å². The summed E-state index contributed by atoms with van der Waals surface area (Å²) in [7, 11) is 1.33. The topological polar surface area (TPSA) is 58.6 Å². The number of carbonyl (C=O) groups excluding carboxylic acids is 2. The van der Waals surface area contributed by atoms with Gasteiger partial charge in [0.15, 0.2) is 0 Å². The van der Waals surface area contributed by atoms with E-state index in [1.54, 1.807) is 34.9 Å². The first-order chi connectivity index (χ1) is 13.6. The molecule has 1 N–H and O–H groups in total. The maximum atomic E-state index is 13.3. The molecule has 1 aliphatic rings. The first kappa shape index (κ1) is 18.1. The second kappa shape index (κ2) is 7.40. The number of esters is 1. The number of ether oxygens (including phenoxy) is 1. The molecule has 0 aromatic heterocycles. The lowest BCUT2D eigenvalue weighted by atomic mass is 10.1. The maximum absolute atomic E-state index is 13.3. The molecule has 28 heavy (non-hydrogen) atoms. The van der Waals surface area contributed by atoms with Gasteiger partial charge in [-0.1, -0.05) is 42.1 Å². The van der Waals surface area contributed by atoms with E-state index in [0.717, 1.165) is 26.7 Å². The van der Waals surface area contributed by atoms with Crippen molar-refractivity contribution < 1.29 is 14.3 Å². The first-order valence-electron chi connectivity index (χ1n) is 8.74. The van der Waals surface area contributed by atoms with E-state index in [9.17, 15) is 9.59 Å². The Morgan fingerprint density at radius 2 is 1.54 bits per heavy atom. The van der Waals surface area contributed by atoms with Gasteiger partial charge in [-0.3, -0.25) is 4.90 Å². The Hall–Kier alpha value is -3.25. The molecule has 0 saturated heterocycles. The monoisotopic (exact) mass is 390 g/mol. The van der Waals surface area contributed by atoms with Gasteiger partial charge in [0, 0.05) is 15.5 Å². The lowest BCUT2D eigenvalue weighted by Gasteiger charge is -2.31. The second-order valence-corrected chi connectivity index (χ2v) is 7.41. The van der Waals surface area contributed by atoms with Gasteiger partial charge >= 0.3 is 12.0 Å². The fourth-order valence-corrected chi connectivity index (χ4v) is 4.15.